The summed E-state index contributed by atoms with van der Waals surface area (Å²) >= 11 is 0. The van der Waals surface area contributed by atoms with Crippen molar-refractivity contribution in [3.8, 4) is 0 Å². The Morgan fingerprint density at radius 3 is 2.85 bits per heavy atom. The van der Waals surface area contributed by atoms with E-state index < -0.39 is 0 Å². The third kappa shape index (κ3) is 3.38. The van der Waals surface area contributed by atoms with Gasteiger partial charge < -0.3 is 10.3 Å². The third-order valence-corrected chi connectivity index (χ3v) is 4.89. The summed E-state index contributed by atoms with van der Waals surface area (Å²) in [5.74, 6) is 0.338. The maximum absolute atomic E-state index is 12.6. The SMILES string of the molecule is CNC(=O)c1cc(C(=O)CC2CC2)cc(Cc2cccc3[nH]ccc23)n1. The molecule has 0 aliphatic heterocycles. The average molecular weight is 347 g/mol. The van der Waals surface area contributed by atoms with E-state index in [9.17, 15) is 9.59 Å². The summed E-state index contributed by atoms with van der Waals surface area (Å²) < 4.78 is 0. The first kappa shape index (κ1) is 16.5. The molecular weight excluding hydrogens is 326 g/mol. The van der Waals surface area contributed by atoms with Crippen LogP contribution < -0.4 is 5.32 Å². The molecule has 1 aliphatic rings. The first-order valence-electron chi connectivity index (χ1n) is 8.95. The van der Waals surface area contributed by atoms with Gasteiger partial charge in [-0.25, -0.2) is 4.98 Å². The van der Waals surface area contributed by atoms with Gasteiger partial charge in [0.05, 0.1) is 0 Å². The van der Waals surface area contributed by atoms with Crippen LogP contribution in [0.5, 0.6) is 0 Å². The summed E-state index contributed by atoms with van der Waals surface area (Å²) in [4.78, 5) is 32.4. The summed E-state index contributed by atoms with van der Waals surface area (Å²) in [6, 6.07) is 11.6. The molecule has 4 rings (SSSR count). The number of carbonyl (C=O) groups excluding carboxylic acids is 2. The van der Waals surface area contributed by atoms with Crippen LogP contribution in [0.3, 0.4) is 0 Å². The highest BCUT2D eigenvalue weighted by atomic mass is 16.1. The van der Waals surface area contributed by atoms with Gasteiger partial charge in [0, 0.05) is 48.2 Å². The molecule has 1 amide bonds. The zero-order valence-corrected chi connectivity index (χ0v) is 14.7. The smallest absolute Gasteiger partial charge is 0.269 e. The number of amides is 1. The van der Waals surface area contributed by atoms with Gasteiger partial charge in [0.1, 0.15) is 5.69 Å². The standard InChI is InChI=1S/C21H21N3O2/c1-22-21(26)19-12-15(20(25)9-13-5-6-13)11-16(24-19)10-14-3-2-4-18-17(14)7-8-23-18/h2-4,7-8,11-13,23H,5-6,9-10H2,1H3,(H,22,26). The van der Waals surface area contributed by atoms with Crippen molar-refractivity contribution in [1.82, 2.24) is 15.3 Å². The van der Waals surface area contributed by atoms with Gasteiger partial charge in [-0.3, -0.25) is 9.59 Å². The number of H-pyrrole nitrogens is 1. The number of Topliss-reactive ketones (excluding diaryl/α,β-unsaturated/α-hetero) is 1. The number of fused-ring (bicyclic) bond motifs is 1. The molecule has 0 unspecified atom stereocenters. The van der Waals surface area contributed by atoms with Crippen LogP contribution in [0.2, 0.25) is 0 Å². The first-order valence-corrected chi connectivity index (χ1v) is 8.95. The minimum absolute atomic E-state index is 0.0983. The number of benzene rings is 1. The van der Waals surface area contributed by atoms with Crippen LogP contribution in [0, 0.1) is 5.92 Å². The summed E-state index contributed by atoms with van der Waals surface area (Å²) in [5.41, 5.74) is 3.80. The molecule has 0 atom stereocenters. The molecule has 5 nitrogen and oxygen atoms in total. The number of hydrogen-bond donors (Lipinski definition) is 2. The Labute approximate surface area is 151 Å². The van der Waals surface area contributed by atoms with Gasteiger partial charge in [0.2, 0.25) is 0 Å². The molecule has 0 radical (unpaired) electrons. The zero-order chi connectivity index (χ0) is 18.1. The highest BCUT2D eigenvalue weighted by Crippen LogP contribution is 2.33. The maximum Gasteiger partial charge on any atom is 0.269 e. The topological polar surface area (TPSA) is 74.8 Å². The predicted octanol–water partition coefficient (Wildman–Crippen LogP) is 3.50. The number of aromatic nitrogens is 2. The number of rotatable bonds is 6. The van der Waals surface area contributed by atoms with E-state index in [4.69, 9.17) is 0 Å². The molecule has 1 fully saturated rings. The van der Waals surface area contributed by atoms with Crippen molar-refractivity contribution < 1.29 is 9.59 Å². The second-order valence-corrected chi connectivity index (χ2v) is 6.92. The van der Waals surface area contributed by atoms with Gasteiger partial charge in [-0.2, -0.15) is 0 Å². The highest BCUT2D eigenvalue weighted by molar-refractivity contribution is 6.00. The van der Waals surface area contributed by atoms with E-state index >= 15 is 0 Å². The molecule has 1 saturated carbocycles. The monoisotopic (exact) mass is 347 g/mol. The van der Waals surface area contributed by atoms with E-state index in [1.807, 2.05) is 30.5 Å². The minimum atomic E-state index is -0.271. The summed E-state index contributed by atoms with van der Waals surface area (Å²) in [6.45, 7) is 0. The number of hydrogen-bond acceptors (Lipinski definition) is 3. The molecule has 3 aromatic rings. The van der Waals surface area contributed by atoms with E-state index in [0.29, 0.717) is 30.0 Å². The molecule has 5 heteroatoms. The van der Waals surface area contributed by atoms with Crippen molar-refractivity contribution in [2.24, 2.45) is 5.92 Å². The van der Waals surface area contributed by atoms with Gasteiger partial charge in [0.25, 0.3) is 5.91 Å². The number of ketones is 1. The molecule has 0 bridgehead atoms. The van der Waals surface area contributed by atoms with Crippen LogP contribution in [-0.4, -0.2) is 28.7 Å². The van der Waals surface area contributed by atoms with Crippen LogP contribution in [0.25, 0.3) is 10.9 Å². The molecule has 2 heterocycles. The molecule has 1 aromatic carbocycles. The Morgan fingerprint density at radius 1 is 1.23 bits per heavy atom. The molecule has 0 spiro atoms. The highest BCUT2D eigenvalue weighted by Gasteiger charge is 2.25. The fraction of sp³-hybridized carbons (Fsp3) is 0.286. The van der Waals surface area contributed by atoms with Crippen molar-refractivity contribution in [2.45, 2.75) is 25.7 Å². The Balaban J connectivity index is 1.70. The van der Waals surface area contributed by atoms with Crippen LogP contribution in [0.15, 0.2) is 42.6 Å². The van der Waals surface area contributed by atoms with Crippen molar-refractivity contribution in [1.29, 1.82) is 0 Å². The quantitative estimate of drug-likeness (QED) is 0.670. The Morgan fingerprint density at radius 2 is 2.08 bits per heavy atom. The molecule has 2 N–H and O–H groups in total. The summed E-state index contributed by atoms with van der Waals surface area (Å²) in [5, 5.41) is 3.73. The van der Waals surface area contributed by atoms with Gasteiger partial charge in [-0.1, -0.05) is 12.1 Å². The van der Waals surface area contributed by atoms with Gasteiger partial charge in [-0.15, -0.1) is 0 Å². The number of pyridine rings is 1. The van der Waals surface area contributed by atoms with Gasteiger partial charge >= 0.3 is 0 Å². The second-order valence-electron chi connectivity index (χ2n) is 6.92. The van der Waals surface area contributed by atoms with Crippen LogP contribution in [-0.2, 0) is 6.42 Å². The van der Waals surface area contributed by atoms with E-state index in [0.717, 1.165) is 35.0 Å². The van der Waals surface area contributed by atoms with Crippen molar-refractivity contribution in [3.05, 3.63) is 65.1 Å². The van der Waals surface area contributed by atoms with Crippen molar-refractivity contribution in [2.75, 3.05) is 7.05 Å². The molecule has 1 aliphatic carbocycles. The number of nitrogens with zero attached hydrogens (tertiary/aromatic N) is 1. The fourth-order valence-corrected chi connectivity index (χ4v) is 3.29. The van der Waals surface area contributed by atoms with Crippen molar-refractivity contribution >= 4 is 22.6 Å². The number of carbonyl (C=O) groups is 2. The van der Waals surface area contributed by atoms with E-state index in [1.165, 1.54) is 0 Å². The fourth-order valence-electron chi connectivity index (χ4n) is 3.29. The maximum atomic E-state index is 12.6. The molecule has 132 valence electrons. The Kier molecular flexibility index (Phi) is 4.29. The summed E-state index contributed by atoms with van der Waals surface area (Å²) in [7, 11) is 1.57. The minimum Gasteiger partial charge on any atom is -0.361 e. The molecule has 2 aromatic heterocycles. The first-order chi connectivity index (χ1) is 12.6. The Hall–Kier alpha value is -2.95. The largest absolute Gasteiger partial charge is 0.361 e. The van der Waals surface area contributed by atoms with Crippen molar-refractivity contribution in [3.63, 3.8) is 0 Å². The lowest BCUT2D eigenvalue weighted by molar-refractivity contribution is 0.0958. The normalized spacial score (nSPS) is 13.7. The third-order valence-electron chi connectivity index (χ3n) is 4.89. The van der Waals surface area contributed by atoms with E-state index in [2.05, 4.69) is 21.4 Å². The predicted molar refractivity (Wildman–Crippen MR) is 100 cm³/mol. The average Bonchev–Trinajstić information content (AvgIpc) is 3.33. The van der Waals surface area contributed by atoms with E-state index in [-0.39, 0.29) is 11.7 Å². The number of nitrogens with one attached hydrogen (secondary N) is 2. The second kappa shape index (κ2) is 6.75. The lowest BCUT2D eigenvalue weighted by Crippen LogP contribution is -2.20. The summed E-state index contributed by atoms with van der Waals surface area (Å²) in [6.07, 6.45) is 5.30. The van der Waals surface area contributed by atoms with Gasteiger partial charge in [0.15, 0.2) is 5.78 Å². The molecule has 0 saturated heterocycles. The van der Waals surface area contributed by atoms with Crippen LogP contribution >= 0.6 is 0 Å². The lowest BCUT2D eigenvalue weighted by Gasteiger charge is -2.09. The van der Waals surface area contributed by atoms with Crippen LogP contribution in [0.4, 0.5) is 0 Å². The zero-order valence-electron chi connectivity index (χ0n) is 14.7. The lowest BCUT2D eigenvalue weighted by atomic mass is 10.0. The van der Waals surface area contributed by atoms with E-state index in [1.54, 1.807) is 13.1 Å². The number of aromatic amines is 1. The molecule has 26 heavy (non-hydrogen) atoms. The molecular formula is C21H21N3O2. The van der Waals surface area contributed by atoms with Gasteiger partial charge in [-0.05, 0) is 48.6 Å². The van der Waals surface area contributed by atoms with Crippen LogP contribution in [0.1, 0.15) is 51.4 Å². The Bertz CT molecular complexity index is 986.